The Morgan fingerprint density at radius 3 is 2.39 bits per heavy atom. The van der Waals surface area contributed by atoms with Gasteiger partial charge in [0.1, 0.15) is 6.10 Å². The molecule has 1 rings (SSSR count). The Labute approximate surface area is 109 Å². The highest BCUT2D eigenvalue weighted by Gasteiger charge is 2.07. The lowest BCUT2D eigenvalue weighted by Gasteiger charge is -2.11. The molecule has 0 bridgehead atoms. The maximum absolute atomic E-state index is 11.3. The monoisotopic (exact) mass is 250 g/mol. The molecule has 0 radical (unpaired) electrons. The number of carbonyl (C=O) groups excluding carboxylic acids is 1. The third-order valence-corrected chi connectivity index (χ3v) is 2.03. The van der Waals surface area contributed by atoms with Gasteiger partial charge in [-0.15, -0.1) is 0 Å². The maximum atomic E-state index is 11.3. The lowest BCUT2D eigenvalue weighted by Crippen LogP contribution is -2.16. The zero-order valence-corrected chi connectivity index (χ0v) is 11.2. The third-order valence-electron chi connectivity index (χ3n) is 2.03. The largest absolute Gasteiger partial charge is 0.459 e. The molecule has 4 N–H and O–H groups in total. The van der Waals surface area contributed by atoms with Crippen molar-refractivity contribution in [2.24, 2.45) is 11.5 Å². The van der Waals surface area contributed by atoms with Crippen LogP contribution in [0, 0.1) is 0 Å². The number of ether oxygens (including phenoxy) is 1. The lowest BCUT2D eigenvalue weighted by molar-refractivity contribution is -0.142. The first kappa shape index (κ1) is 16.2. The van der Waals surface area contributed by atoms with Gasteiger partial charge in [0.15, 0.2) is 0 Å². The second-order valence-electron chi connectivity index (χ2n) is 3.83. The number of allylic oxidation sites excluding steroid dienone is 1. The van der Waals surface area contributed by atoms with Gasteiger partial charge in [0.2, 0.25) is 0 Å². The van der Waals surface area contributed by atoms with Gasteiger partial charge in [-0.3, -0.25) is 0 Å². The number of hydrogen-bond donors (Lipinski definition) is 2. The molecule has 0 amide bonds. The van der Waals surface area contributed by atoms with Crippen molar-refractivity contribution in [1.29, 1.82) is 0 Å². The number of nitrogens with two attached hydrogens (primary N) is 2. The van der Waals surface area contributed by atoms with Crippen LogP contribution < -0.4 is 11.5 Å². The van der Waals surface area contributed by atoms with Gasteiger partial charge in [0, 0.05) is 18.2 Å². The van der Waals surface area contributed by atoms with E-state index >= 15 is 0 Å². The Bertz CT molecular complexity index is 371. The smallest absolute Gasteiger partial charge is 0.332 e. The summed E-state index contributed by atoms with van der Waals surface area (Å²) in [5, 5.41) is 0. The molecule has 0 aliphatic carbocycles. The topological polar surface area (TPSA) is 78.3 Å². The van der Waals surface area contributed by atoms with Gasteiger partial charge in [0.25, 0.3) is 0 Å². The normalized spacial score (nSPS) is 12.1. The van der Waals surface area contributed by atoms with Crippen LogP contribution in [0.4, 0.5) is 0 Å². The van der Waals surface area contributed by atoms with E-state index in [1.54, 1.807) is 6.92 Å². The summed E-state index contributed by atoms with van der Waals surface area (Å²) in [4.78, 5) is 11.3. The molecule has 0 saturated heterocycles. The van der Waals surface area contributed by atoms with Crippen LogP contribution in [-0.4, -0.2) is 19.1 Å². The predicted octanol–water partition coefficient (Wildman–Crippen LogP) is 1.60. The first-order valence-electron chi connectivity index (χ1n) is 5.84. The van der Waals surface area contributed by atoms with Crippen LogP contribution in [0.1, 0.15) is 19.4 Å². The van der Waals surface area contributed by atoms with E-state index in [1.807, 2.05) is 37.3 Å². The summed E-state index contributed by atoms with van der Waals surface area (Å²) in [7, 11) is 1.50. The second-order valence-corrected chi connectivity index (χ2v) is 3.83. The number of carbonyl (C=O) groups is 1. The van der Waals surface area contributed by atoms with Gasteiger partial charge in [-0.05, 0) is 26.5 Å². The van der Waals surface area contributed by atoms with Crippen LogP contribution in [-0.2, 0) is 16.0 Å². The van der Waals surface area contributed by atoms with Crippen LogP contribution in [0.2, 0.25) is 0 Å². The molecular formula is C14H22N2O2. The van der Waals surface area contributed by atoms with Crippen molar-refractivity contribution < 1.29 is 9.53 Å². The van der Waals surface area contributed by atoms with Crippen LogP contribution in [0.15, 0.2) is 42.1 Å². The minimum atomic E-state index is -0.386. The summed E-state index contributed by atoms with van der Waals surface area (Å²) in [6, 6.07) is 9.91. The zero-order valence-electron chi connectivity index (χ0n) is 11.2. The molecule has 0 fully saturated rings. The molecule has 18 heavy (non-hydrogen) atoms. The summed E-state index contributed by atoms with van der Waals surface area (Å²) in [5.74, 6) is -0.386. The highest BCUT2D eigenvalue weighted by Crippen LogP contribution is 2.06. The molecule has 100 valence electrons. The second kappa shape index (κ2) is 9.24. The van der Waals surface area contributed by atoms with Crippen molar-refractivity contribution in [3.63, 3.8) is 0 Å². The fourth-order valence-corrected chi connectivity index (χ4v) is 1.41. The van der Waals surface area contributed by atoms with Crippen molar-refractivity contribution >= 4 is 5.97 Å². The van der Waals surface area contributed by atoms with E-state index in [-0.39, 0.29) is 12.1 Å². The number of rotatable bonds is 4. The van der Waals surface area contributed by atoms with Gasteiger partial charge >= 0.3 is 5.97 Å². The Balaban J connectivity index is 0.00000137. The van der Waals surface area contributed by atoms with Crippen LogP contribution >= 0.6 is 0 Å². The van der Waals surface area contributed by atoms with Crippen LogP contribution in [0.5, 0.6) is 0 Å². The summed E-state index contributed by atoms with van der Waals surface area (Å²) < 4.78 is 5.17. The Kier molecular flexibility index (Phi) is 8.31. The minimum Gasteiger partial charge on any atom is -0.459 e. The molecule has 1 atom stereocenters. The lowest BCUT2D eigenvalue weighted by atomic mass is 10.1. The van der Waals surface area contributed by atoms with Gasteiger partial charge < -0.3 is 16.2 Å². The van der Waals surface area contributed by atoms with Gasteiger partial charge in [0.05, 0.1) is 0 Å². The van der Waals surface area contributed by atoms with E-state index in [0.29, 0.717) is 12.1 Å². The molecule has 0 aliphatic rings. The van der Waals surface area contributed by atoms with E-state index < -0.39 is 0 Å². The quantitative estimate of drug-likeness (QED) is 0.628. The molecule has 0 aliphatic heterocycles. The van der Waals surface area contributed by atoms with Gasteiger partial charge in [-0.1, -0.05) is 30.3 Å². The number of benzene rings is 1. The highest BCUT2D eigenvalue weighted by atomic mass is 16.5. The Hall–Kier alpha value is -1.81. The van der Waals surface area contributed by atoms with E-state index in [0.717, 1.165) is 5.56 Å². The first-order chi connectivity index (χ1) is 8.58. The van der Waals surface area contributed by atoms with Crippen molar-refractivity contribution in [3.05, 3.63) is 47.7 Å². The molecule has 4 heteroatoms. The zero-order chi connectivity index (χ0) is 14.0. The average Bonchev–Trinajstić information content (AvgIpc) is 2.31. The molecule has 0 heterocycles. The SMILES string of the molecule is CC(N)=CC(=O)OC(C)Cc1ccccc1.CN. The number of hydrogen-bond acceptors (Lipinski definition) is 4. The Morgan fingerprint density at radius 2 is 1.89 bits per heavy atom. The third kappa shape index (κ3) is 7.46. The predicted molar refractivity (Wildman–Crippen MR) is 73.8 cm³/mol. The van der Waals surface area contributed by atoms with E-state index in [4.69, 9.17) is 10.5 Å². The highest BCUT2D eigenvalue weighted by molar-refractivity contribution is 5.82. The first-order valence-corrected chi connectivity index (χ1v) is 5.84. The van der Waals surface area contributed by atoms with Crippen molar-refractivity contribution in [2.45, 2.75) is 26.4 Å². The molecular weight excluding hydrogens is 228 g/mol. The molecule has 0 spiro atoms. The van der Waals surface area contributed by atoms with Crippen molar-refractivity contribution in [2.75, 3.05) is 7.05 Å². The van der Waals surface area contributed by atoms with Gasteiger partial charge in [-0.25, -0.2) is 4.79 Å². The molecule has 4 nitrogen and oxygen atoms in total. The summed E-state index contributed by atoms with van der Waals surface area (Å²) in [6.45, 7) is 3.52. The Morgan fingerprint density at radius 1 is 1.33 bits per heavy atom. The fourth-order valence-electron chi connectivity index (χ4n) is 1.41. The molecule has 0 saturated carbocycles. The van der Waals surface area contributed by atoms with Crippen molar-refractivity contribution in [3.8, 4) is 0 Å². The van der Waals surface area contributed by atoms with Crippen LogP contribution in [0.25, 0.3) is 0 Å². The summed E-state index contributed by atoms with van der Waals surface area (Å²) >= 11 is 0. The summed E-state index contributed by atoms with van der Waals surface area (Å²) in [5.41, 5.74) is 11.5. The molecule has 1 unspecified atom stereocenters. The minimum absolute atomic E-state index is 0.148. The average molecular weight is 250 g/mol. The molecule has 0 aromatic heterocycles. The van der Waals surface area contributed by atoms with Crippen molar-refractivity contribution in [1.82, 2.24) is 0 Å². The number of esters is 1. The van der Waals surface area contributed by atoms with E-state index in [2.05, 4.69) is 5.73 Å². The maximum Gasteiger partial charge on any atom is 0.332 e. The summed E-state index contributed by atoms with van der Waals surface area (Å²) in [6.07, 6.45) is 1.86. The molecule has 1 aromatic rings. The van der Waals surface area contributed by atoms with Gasteiger partial charge in [-0.2, -0.15) is 0 Å². The standard InChI is InChI=1S/C13H17NO2.CH5N/c1-10(14)8-13(15)16-11(2)9-12-6-4-3-5-7-12;1-2/h3-8,11H,9,14H2,1-2H3;2H2,1H3. The van der Waals surface area contributed by atoms with Crippen LogP contribution in [0.3, 0.4) is 0 Å². The fraction of sp³-hybridized carbons (Fsp3) is 0.357. The van der Waals surface area contributed by atoms with E-state index in [9.17, 15) is 4.79 Å². The molecule has 1 aromatic carbocycles. The van der Waals surface area contributed by atoms with E-state index in [1.165, 1.54) is 13.1 Å².